The maximum absolute atomic E-state index is 11.4. The highest BCUT2D eigenvalue weighted by atomic mass is 16.3. The molecule has 194 valence electrons. The average Bonchev–Trinajstić information content (AvgIpc) is 2.79. The summed E-state index contributed by atoms with van der Waals surface area (Å²) >= 11 is 0. The van der Waals surface area contributed by atoms with Crippen molar-refractivity contribution in [3.63, 3.8) is 0 Å². The molecular formula is C30H62O2. The Balaban J connectivity index is 4.19. The third-order valence-corrected chi connectivity index (χ3v) is 7.38. The van der Waals surface area contributed by atoms with Gasteiger partial charge in [-0.1, -0.05) is 162 Å². The van der Waals surface area contributed by atoms with E-state index < -0.39 is 11.7 Å². The first-order chi connectivity index (χ1) is 15.6. The van der Waals surface area contributed by atoms with E-state index in [2.05, 4.69) is 20.8 Å². The van der Waals surface area contributed by atoms with Gasteiger partial charge in [0.05, 0.1) is 11.7 Å². The summed E-state index contributed by atoms with van der Waals surface area (Å²) in [6, 6.07) is 0. The van der Waals surface area contributed by atoms with Crippen LogP contribution in [0.1, 0.15) is 181 Å². The predicted octanol–water partition coefficient (Wildman–Crippen LogP) is 9.89. The molecule has 0 heterocycles. The highest BCUT2D eigenvalue weighted by Gasteiger charge is 2.33. The van der Waals surface area contributed by atoms with Crippen LogP contribution >= 0.6 is 0 Å². The summed E-state index contributed by atoms with van der Waals surface area (Å²) in [6.07, 6.45) is 29.9. The maximum Gasteiger partial charge on any atom is 0.0905 e. The number of rotatable bonds is 26. The molecule has 0 aliphatic heterocycles. The minimum absolute atomic E-state index is 0.539. The molecule has 0 aliphatic carbocycles. The van der Waals surface area contributed by atoms with E-state index in [9.17, 15) is 10.2 Å². The van der Waals surface area contributed by atoms with E-state index in [0.717, 1.165) is 38.5 Å². The van der Waals surface area contributed by atoms with E-state index >= 15 is 0 Å². The van der Waals surface area contributed by atoms with Crippen LogP contribution in [0.25, 0.3) is 0 Å². The van der Waals surface area contributed by atoms with E-state index in [4.69, 9.17) is 0 Å². The van der Waals surface area contributed by atoms with Gasteiger partial charge < -0.3 is 10.2 Å². The highest BCUT2D eigenvalue weighted by molar-refractivity contribution is 4.86. The molecule has 2 heteroatoms. The zero-order valence-electron chi connectivity index (χ0n) is 22.6. The number of hydrogen-bond acceptors (Lipinski definition) is 2. The monoisotopic (exact) mass is 454 g/mol. The van der Waals surface area contributed by atoms with Crippen molar-refractivity contribution in [2.45, 2.75) is 193 Å². The normalized spacial score (nSPS) is 14.5. The summed E-state index contributed by atoms with van der Waals surface area (Å²) in [4.78, 5) is 0. The lowest BCUT2D eigenvalue weighted by atomic mass is 9.82. The molecule has 0 aromatic heterocycles. The molecule has 0 bridgehead atoms. The molecule has 0 aromatic carbocycles. The minimum Gasteiger partial charge on any atom is -0.390 e. The molecule has 2 atom stereocenters. The largest absolute Gasteiger partial charge is 0.390 e. The maximum atomic E-state index is 11.4. The lowest BCUT2D eigenvalue weighted by Crippen LogP contribution is -2.42. The van der Waals surface area contributed by atoms with Crippen molar-refractivity contribution in [2.75, 3.05) is 0 Å². The Hall–Kier alpha value is -0.0800. The van der Waals surface area contributed by atoms with Gasteiger partial charge in [-0.25, -0.2) is 0 Å². The average molecular weight is 455 g/mol. The molecular weight excluding hydrogens is 392 g/mol. The fourth-order valence-corrected chi connectivity index (χ4v) is 4.97. The second kappa shape index (κ2) is 24.1. The van der Waals surface area contributed by atoms with Crippen LogP contribution in [-0.4, -0.2) is 21.9 Å². The molecule has 2 N–H and O–H groups in total. The molecule has 0 aliphatic rings. The van der Waals surface area contributed by atoms with Crippen LogP contribution in [0.3, 0.4) is 0 Å². The third kappa shape index (κ3) is 19.4. The summed E-state index contributed by atoms with van der Waals surface area (Å²) in [5, 5.41) is 22.3. The van der Waals surface area contributed by atoms with Crippen molar-refractivity contribution in [2.24, 2.45) is 0 Å². The smallest absolute Gasteiger partial charge is 0.0905 e. The molecule has 0 fully saturated rings. The van der Waals surface area contributed by atoms with Crippen molar-refractivity contribution >= 4 is 0 Å². The van der Waals surface area contributed by atoms with Crippen molar-refractivity contribution in [3.8, 4) is 0 Å². The zero-order chi connectivity index (χ0) is 23.8. The first kappa shape index (κ1) is 31.9. The fraction of sp³-hybridized carbons (Fsp3) is 1.00. The van der Waals surface area contributed by atoms with Crippen LogP contribution in [0.2, 0.25) is 0 Å². The SMILES string of the molecule is CCCCCCCCCCCCC(O)(CCCCCCCC)C(O)CCCCCCCC. The van der Waals surface area contributed by atoms with Gasteiger partial charge in [-0.15, -0.1) is 0 Å². The van der Waals surface area contributed by atoms with Crippen molar-refractivity contribution in [1.29, 1.82) is 0 Å². The number of aliphatic hydroxyl groups is 2. The van der Waals surface area contributed by atoms with Gasteiger partial charge >= 0.3 is 0 Å². The molecule has 0 radical (unpaired) electrons. The Labute approximate surface area is 203 Å². The Morgan fingerprint density at radius 3 is 1.06 bits per heavy atom. The molecule has 0 saturated carbocycles. The summed E-state index contributed by atoms with van der Waals surface area (Å²) < 4.78 is 0. The van der Waals surface area contributed by atoms with Crippen molar-refractivity contribution in [3.05, 3.63) is 0 Å². The summed E-state index contributed by atoms with van der Waals surface area (Å²) in [7, 11) is 0. The molecule has 0 saturated heterocycles. The second-order valence-electron chi connectivity index (χ2n) is 10.6. The van der Waals surface area contributed by atoms with Gasteiger partial charge in [0.2, 0.25) is 0 Å². The molecule has 0 amide bonds. The predicted molar refractivity (Wildman–Crippen MR) is 143 cm³/mol. The zero-order valence-corrected chi connectivity index (χ0v) is 22.6. The lowest BCUT2D eigenvalue weighted by Gasteiger charge is -2.34. The van der Waals surface area contributed by atoms with Crippen LogP contribution in [0, 0.1) is 0 Å². The first-order valence-corrected chi connectivity index (χ1v) is 15.0. The van der Waals surface area contributed by atoms with Gasteiger partial charge in [0.1, 0.15) is 0 Å². The number of unbranched alkanes of at least 4 members (excludes halogenated alkanes) is 19. The minimum atomic E-state index is -0.853. The molecule has 0 spiro atoms. The van der Waals surface area contributed by atoms with Crippen molar-refractivity contribution in [1.82, 2.24) is 0 Å². The Kier molecular flexibility index (Phi) is 24.0. The van der Waals surface area contributed by atoms with Gasteiger partial charge in [-0.05, 0) is 19.3 Å². The summed E-state index contributed by atoms with van der Waals surface area (Å²) in [6.45, 7) is 6.78. The highest BCUT2D eigenvalue weighted by Crippen LogP contribution is 2.29. The Bertz CT molecular complexity index is 357. The van der Waals surface area contributed by atoms with Gasteiger partial charge in [-0.2, -0.15) is 0 Å². The number of aliphatic hydroxyl groups excluding tert-OH is 1. The van der Waals surface area contributed by atoms with E-state index in [0.29, 0.717) is 0 Å². The van der Waals surface area contributed by atoms with Gasteiger partial charge in [0.25, 0.3) is 0 Å². The van der Waals surface area contributed by atoms with E-state index in [1.54, 1.807) is 0 Å². The quantitative estimate of drug-likeness (QED) is 0.128. The van der Waals surface area contributed by atoms with Crippen LogP contribution in [0.4, 0.5) is 0 Å². The van der Waals surface area contributed by atoms with E-state index in [1.807, 2.05) is 0 Å². The van der Waals surface area contributed by atoms with Crippen LogP contribution < -0.4 is 0 Å². The van der Waals surface area contributed by atoms with Gasteiger partial charge in [-0.3, -0.25) is 0 Å². The molecule has 0 aromatic rings. The second-order valence-corrected chi connectivity index (χ2v) is 10.6. The van der Waals surface area contributed by atoms with Gasteiger partial charge in [0.15, 0.2) is 0 Å². The lowest BCUT2D eigenvalue weighted by molar-refractivity contribution is -0.0919. The van der Waals surface area contributed by atoms with Crippen LogP contribution in [0.5, 0.6) is 0 Å². The summed E-state index contributed by atoms with van der Waals surface area (Å²) in [5.41, 5.74) is -0.853. The molecule has 2 unspecified atom stereocenters. The first-order valence-electron chi connectivity index (χ1n) is 15.0. The molecule has 0 rings (SSSR count). The van der Waals surface area contributed by atoms with Gasteiger partial charge in [0, 0.05) is 0 Å². The Morgan fingerprint density at radius 2 is 0.719 bits per heavy atom. The third-order valence-electron chi connectivity index (χ3n) is 7.38. The Morgan fingerprint density at radius 1 is 0.438 bits per heavy atom. The fourth-order valence-electron chi connectivity index (χ4n) is 4.97. The number of hydrogen-bond donors (Lipinski definition) is 2. The van der Waals surface area contributed by atoms with E-state index in [1.165, 1.54) is 122 Å². The van der Waals surface area contributed by atoms with E-state index in [-0.39, 0.29) is 0 Å². The van der Waals surface area contributed by atoms with Crippen LogP contribution in [0.15, 0.2) is 0 Å². The summed E-state index contributed by atoms with van der Waals surface area (Å²) in [5.74, 6) is 0. The standard InChI is InChI=1S/C30H62O2/c1-4-7-10-13-16-17-18-19-22-25-28-30(32,27-24-21-15-12-9-6-3)29(31)26-23-20-14-11-8-5-2/h29,31-32H,4-28H2,1-3H3. The molecule has 32 heavy (non-hydrogen) atoms. The van der Waals surface area contributed by atoms with Crippen LogP contribution in [-0.2, 0) is 0 Å². The molecule has 2 nitrogen and oxygen atoms in total. The topological polar surface area (TPSA) is 40.5 Å². The van der Waals surface area contributed by atoms with Crippen molar-refractivity contribution < 1.29 is 10.2 Å².